The third kappa shape index (κ3) is 3.80. The number of nitrogens with zero attached hydrogens (tertiary/aromatic N) is 3. The third-order valence-corrected chi connectivity index (χ3v) is 3.40. The van der Waals surface area contributed by atoms with Gasteiger partial charge in [-0.1, -0.05) is 6.92 Å². The van der Waals surface area contributed by atoms with Crippen LogP contribution in [0.3, 0.4) is 0 Å². The van der Waals surface area contributed by atoms with E-state index >= 15 is 0 Å². The third-order valence-electron chi connectivity index (χ3n) is 3.40. The Labute approximate surface area is 116 Å². The molecule has 0 fully saturated rings. The standard InChI is InChI=1S/C14H26N4O/c1-7-10(2)18(8-9-19-6)14-11(3)13(15-5)16-12(4)17-14/h10H,7-9H2,1-6H3,(H,15,16,17). The first-order chi connectivity index (χ1) is 9.04. The zero-order chi connectivity index (χ0) is 14.4. The highest BCUT2D eigenvalue weighted by Gasteiger charge is 2.19. The molecule has 1 atom stereocenters. The molecule has 5 nitrogen and oxygen atoms in total. The van der Waals surface area contributed by atoms with E-state index in [4.69, 9.17) is 4.74 Å². The number of nitrogens with one attached hydrogen (secondary N) is 1. The molecule has 1 heterocycles. The maximum atomic E-state index is 5.21. The molecule has 0 saturated heterocycles. The first kappa shape index (κ1) is 15.7. The summed E-state index contributed by atoms with van der Waals surface area (Å²) < 4.78 is 5.21. The Morgan fingerprint density at radius 3 is 2.53 bits per heavy atom. The maximum Gasteiger partial charge on any atom is 0.137 e. The molecule has 0 aliphatic rings. The number of hydrogen-bond acceptors (Lipinski definition) is 5. The number of anilines is 2. The molecule has 5 heteroatoms. The molecule has 1 rings (SSSR count). The second-order valence-corrected chi connectivity index (χ2v) is 4.76. The summed E-state index contributed by atoms with van der Waals surface area (Å²) in [5.74, 6) is 2.69. The van der Waals surface area contributed by atoms with E-state index in [1.54, 1.807) is 7.11 Å². The first-order valence-electron chi connectivity index (χ1n) is 6.83. The molecule has 0 aliphatic carbocycles. The van der Waals surface area contributed by atoms with Gasteiger partial charge in [-0.2, -0.15) is 0 Å². The van der Waals surface area contributed by atoms with Crippen LogP contribution in [0.2, 0.25) is 0 Å². The SMILES string of the molecule is CCC(C)N(CCOC)c1nc(C)nc(NC)c1C. The van der Waals surface area contributed by atoms with Crippen molar-refractivity contribution in [3.8, 4) is 0 Å². The second kappa shape index (κ2) is 7.28. The summed E-state index contributed by atoms with van der Waals surface area (Å²) in [6, 6.07) is 0.424. The maximum absolute atomic E-state index is 5.21. The number of methoxy groups -OCH3 is 1. The Hall–Kier alpha value is -1.36. The van der Waals surface area contributed by atoms with Crippen LogP contribution >= 0.6 is 0 Å². The van der Waals surface area contributed by atoms with Crippen LogP contribution in [0.25, 0.3) is 0 Å². The fourth-order valence-corrected chi connectivity index (χ4v) is 2.08. The molecule has 1 aromatic rings. The minimum Gasteiger partial charge on any atom is -0.383 e. The first-order valence-corrected chi connectivity index (χ1v) is 6.83. The lowest BCUT2D eigenvalue weighted by atomic mass is 10.2. The Kier molecular flexibility index (Phi) is 6.02. The van der Waals surface area contributed by atoms with Crippen LogP contribution < -0.4 is 10.2 Å². The molecule has 0 bridgehead atoms. The summed E-state index contributed by atoms with van der Waals surface area (Å²) >= 11 is 0. The summed E-state index contributed by atoms with van der Waals surface area (Å²) in [5.41, 5.74) is 1.09. The van der Waals surface area contributed by atoms with Crippen LogP contribution in [0.1, 0.15) is 31.7 Å². The molecule has 1 aromatic heterocycles. The average Bonchev–Trinajstić information content (AvgIpc) is 2.41. The van der Waals surface area contributed by atoms with E-state index in [0.717, 1.165) is 36.0 Å². The molecule has 1 N–H and O–H groups in total. The van der Waals surface area contributed by atoms with Gasteiger partial charge in [-0.15, -0.1) is 0 Å². The van der Waals surface area contributed by atoms with Gasteiger partial charge in [0.2, 0.25) is 0 Å². The second-order valence-electron chi connectivity index (χ2n) is 4.76. The van der Waals surface area contributed by atoms with Gasteiger partial charge in [-0.05, 0) is 27.2 Å². The van der Waals surface area contributed by atoms with Gasteiger partial charge in [0, 0.05) is 32.3 Å². The predicted molar refractivity (Wildman–Crippen MR) is 80.0 cm³/mol. The number of ether oxygens (including phenoxy) is 1. The lowest BCUT2D eigenvalue weighted by Crippen LogP contribution is -2.37. The molecule has 1 unspecified atom stereocenters. The molecule has 0 aliphatic heterocycles. The molecule has 108 valence electrons. The molecule has 0 saturated carbocycles. The summed E-state index contributed by atoms with van der Waals surface area (Å²) in [6.07, 6.45) is 1.07. The molecule has 0 radical (unpaired) electrons. The minimum absolute atomic E-state index is 0.424. The molecular weight excluding hydrogens is 240 g/mol. The van der Waals surface area contributed by atoms with E-state index in [9.17, 15) is 0 Å². The van der Waals surface area contributed by atoms with E-state index in [-0.39, 0.29) is 0 Å². The smallest absolute Gasteiger partial charge is 0.137 e. The summed E-state index contributed by atoms with van der Waals surface area (Å²) in [4.78, 5) is 11.3. The molecule has 0 amide bonds. The highest BCUT2D eigenvalue weighted by Crippen LogP contribution is 2.25. The molecular formula is C14H26N4O. The van der Waals surface area contributed by atoms with Gasteiger partial charge in [-0.3, -0.25) is 0 Å². The average molecular weight is 266 g/mol. The van der Waals surface area contributed by atoms with Crippen molar-refractivity contribution in [2.24, 2.45) is 0 Å². The largest absolute Gasteiger partial charge is 0.383 e. The van der Waals surface area contributed by atoms with Crippen molar-refractivity contribution in [2.45, 2.75) is 40.2 Å². The van der Waals surface area contributed by atoms with Crippen molar-refractivity contribution in [3.63, 3.8) is 0 Å². The van der Waals surface area contributed by atoms with Crippen LogP contribution in [0.5, 0.6) is 0 Å². The Bertz CT molecular complexity index is 409. The lowest BCUT2D eigenvalue weighted by molar-refractivity contribution is 0.203. The van der Waals surface area contributed by atoms with E-state index in [1.807, 2.05) is 14.0 Å². The van der Waals surface area contributed by atoms with Crippen molar-refractivity contribution in [2.75, 3.05) is 37.5 Å². The number of hydrogen-bond donors (Lipinski definition) is 1. The quantitative estimate of drug-likeness (QED) is 0.821. The summed E-state index contributed by atoms with van der Waals surface area (Å²) in [5, 5.41) is 3.14. The van der Waals surface area contributed by atoms with Crippen molar-refractivity contribution in [1.29, 1.82) is 0 Å². The van der Waals surface area contributed by atoms with Crippen LogP contribution in [0.4, 0.5) is 11.6 Å². The Morgan fingerprint density at radius 2 is 2.00 bits per heavy atom. The van der Waals surface area contributed by atoms with Crippen LogP contribution in [-0.4, -0.2) is 43.3 Å². The van der Waals surface area contributed by atoms with Crippen molar-refractivity contribution in [3.05, 3.63) is 11.4 Å². The van der Waals surface area contributed by atoms with E-state index < -0.39 is 0 Å². The van der Waals surface area contributed by atoms with E-state index in [2.05, 4.69) is 41.0 Å². The van der Waals surface area contributed by atoms with E-state index in [1.165, 1.54) is 0 Å². The normalized spacial score (nSPS) is 12.3. The topological polar surface area (TPSA) is 50.3 Å². The monoisotopic (exact) mass is 266 g/mol. The zero-order valence-corrected chi connectivity index (χ0v) is 12.9. The van der Waals surface area contributed by atoms with Gasteiger partial charge in [0.25, 0.3) is 0 Å². The minimum atomic E-state index is 0.424. The Balaban J connectivity index is 3.16. The lowest BCUT2D eigenvalue weighted by Gasteiger charge is -2.31. The van der Waals surface area contributed by atoms with Gasteiger partial charge < -0.3 is 15.0 Å². The van der Waals surface area contributed by atoms with E-state index in [0.29, 0.717) is 12.6 Å². The number of aryl methyl sites for hydroxylation is 1. The molecule has 19 heavy (non-hydrogen) atoms. The van der Waals surface area contributed by atoms with Gasteiger partial charge in [-0.25, -0.2) is 9.97 Å². The zero-order valence-electron chi connectivity index (χ0n) is 12.9. The fraction of sp³-hybridized carbons (Fsp3) is 0.714. The van der Waals surface area contributed by atoms with Crippen LogP contribution in [0.15, 0.2) is 0 Å². The highest BCUT2D eigenvalue weighted by molar-refractivity contribution is 5.58. The highest BCUT2D eigenvalue weighted by atomic mass is 16.5. The number of rotatable bonds is 7. The van der Waals surface area contributed by atoms with Crippen molar-refractivity contribution in [1.82, 2.24) is 9.97 Å². The van der Waals surface area contributed by atoms with Crippen molar-refractivity contribution >= 4 is 11.6 Å². The summed E-state index contributed by atoms with van der Waals surface area (Å²) in [6.45, 7) is 9.92. The van der Waals surface area contributed by atoms with Crippen LogP contribution in [-0.2, 0) is 4.74 Å². The molecule has 0 spiro atoms. The fourth-order valence-electron chi connectivity index (χ4n) is 2.08. The molecule has 0 aromatic carbocycles. The number of aromatic nitrogens is 2. The van der Waals surface area contributed by atoms with Gasteiger partial charge >= 0.3 is 0 Å². The van der Waals surface area contributed by atoms with Crippen LogP contribution in [0, 0.1) is 13.8 Å². The van der Waals surface area contributed by atoms with Gasteiger partial charge in [0.1, 0.15) is 17.5 Å². The Morgan fingerprint density at radius 1 is 1.32 bits per heavy atom. The predicted octanol–water partition coefficient (Wildman–Crippen LogP) is 2.39. The van der Waals surface area contributed by atoms with Crippen molar-refractivity contribution < 1.29 is 4.74 Å². The van der Waals surface area contributed by atoms with Gasteiger partial charge in [0.05, 0.1) is 6.61 Å². The van der Waals surface area contributed by atoms with Gasteiger partial charge in [0.15, 0.2) is 0 Å². The summed E-state index contributed by atoms with van der Waals surface area (Å²) in [7, 11) is 3.62.